The molecule has 0 aromatic carbocycles. The molecule has 5 heteroatoms. The molecule has 0 aliphatic heterocycles. The molecule has 0 fully saturated rings. The Hall–Kier alpha value is -0.780. The molecule has 2 rings (SSSR count). The molecule has 3 nitrogen and oxygen atoms in total. The van der Waals surface area contributed by atoms with Crippen LogP contribution in [0.15, 0.2) is 28.3 Å². The lowest BCUT2D eigenvalue weighted by atomic mass is 10.3. The molecule has 0 radical (unpaired) electrons. The molecule has 0 aliphatic rings. The lowest BCUT2D eigenvalue weighted by molar-refractivity contribution is 1.01. The van der Waals surface area contributed by atoms with Gasteiger partial charge in [0, 0.05) is 24.5 Å². The molecule has 0 saturated carbocycles. The molecule has 0 aliphatic carbocycles. The van der Waals surface area contributed by atoms with Crippen LogP contribution in [-0.2, 0) is 6.54 Å². The highest BCUT2D eigenvalue weighted by Crippen LogP contribution is 2.31. The number of thiazole rings is 1. The normalized spacial score (nSPS) is 10.4. The van der Waals surface area contributed by atoms with Gasteiger partial charge in [-0.25, -0.2) is 4.98 Å². The van der Waals surface area contributed by atoms with Gasteiger partial charge in [0.2, 0.25) is 0 Å². The van der Waals surface area contributed by atoms with Gasteiger partial charge in [0.25, 0.3) is 0 Å². The van der Waals surface area contributed by atoms with Crippen LogP contribution in [0.4, 0.5) is 0 Å². The van der Waals surface area contributed by atoms with E-state index in [9.17, 15) is 0 Å². The summed E-state index contributed by atoms with van der Waals surface area (Å²) in [6.07, 6.45) is 3.54. The van der Waals surface area contributed by atoms with E-state index >= 15 is 0 Å². The molecule has 0 atom stereocenters. The minimum absolute atomic E-state index is 0.456. The summed E-state index contributed by atoms with van der Waals surface area (Å²) in [5.41, 5.74) is 7.46. The standard InChI is InChI=1S/C9H8BrN3S/c10-8-7(4-11)13-9(14-8)6-2-1-3-12-5-6/h1-3,5H,4,11H2. The Bertz CT molecular complexity index is 427. The van der Waals surface area contributed by atoms with Gasteiger partial charge in [0.15, 0.2) is 0 Å². The van der Waals surface area contributed by atoms with Crippen LogP contribution in [0.3, 0.4) is 0 Å². The maximum atomic E-state index is 5.54. The second-order valence-electron chi connectivity index (χ2n) is 2.69. The van der Waals surface area contributed by atoms with Crippen molar-refractivity contribution in [2.24, 2.45) is 5.73 Å². The van der Waals surface area contributed by atoms with Crippen LogP contribution >= 0.6 is 27.3 Å². The summed E-state index contributed by atoms with van der Waals surface area (Å²) in [7, 11) is 0. The molecule has 2 aromatic rings. The van der Waals surface area contributed by atoms with E-state index in [2.05, 4.69) is 25.9 Å². The molecular weight excluding hydrogens is 262 g/mol. The maximum Gasteiger partial charge on any atom is 0.126 e. The van der Waals surface area contributed by atoms with Gasteiger partial charge in [-0.2, -0.15) is 0 Å². The van der Waals surface area contributed by atoms with Crippen molar-refractivity contribution in [1.29, 1.82) is 0 Å². The summed E-state index contributed by atoms with van der Waals surface area (Å²) in [4.78, 5) is 8.45. The molecule has 0 bridgehead atoms. The van der Waals surface area contributed by atoms with E-state index in [0.29, 0.717) is 6.54 Å². The van der Waals surface area contributed by atoms with E-state index in [1.54, 1.807) is 23.7 Å². The second kappa shape index (κ2) is 4.16. The highest BCUT2D eigenvalue weighted by molar-refractivity contribution is 9.11. The van der Waals surface area contributed by atoms with Crippen LogP contribution in [0.2, 0.25) is 0 Å². The van der Waals surface area contributed by atoms with Gasteiger partial charge in [-0.05, 0) is 28.1 Å². The third-order valence-corrected chi connectivity index (χ3v) is 3.63. The van der Waals surface area contributed by atoms with Gasteiger partial charge in [0.05, 0.1) is 9.48 Å². The average Bonchev–Trinajstić information content (AvgIpc) is 2.61. The fourth-order valence-corrected chi connectivity index (χ4v) is 2.59. The second-order valence-corrected chi connectivity index (χ2v) is 5.00. The first-order valence-electron chi connectivity index (χ1n) is 4.07. The maximum absolute atomic E-state index is 5.54. The van der Waals surface area contributed by atoms with Crippen LogP contribution in [-0.4, -0.2) is 9.97 Å². The Morgan fingerprint density at radius 3 is 2.93 bits per heavy atom. The van der Waals surface area contributed by atoms with Gasteiger partial charge < -0.3 is 5.73 Å². The lowest BCUT2D eigenvalue weighted by Gasteiger charge is -1.92. The molecule has 2 N–H and O–H groups in total. The number of nitrogens with zero attached hydrogens (tertiary/aromatic N) is 2. The topological polar surface area (TPSA) is 51.8 Å². The fraction of sp³-hybridized carbons (Fsp3) is 0.111. The quantitative estimate of drug-likeness (QED) is 0.911. The molecule has 0 unspecified atom stereocenters. The predicted octanol–water partition coefficient (Wildman–Crippen LogP) is 2.43. The number of hydrogen-bond acceptors (Lipinski definition) is 4. The van der Waals surface area contributed by atoms with E-state index < -0.39 is 0 Å². The van der Waals surface area contributed by atoms with Gasteiger partial charge in [-0.3, -0.25) is 4.98 Å². The number of aromatic nitrogens is 2. The van der Waals surface area contributed by atoms with Crippen molar-refractivity contribution in [3.8, 4) is 10.6 Å². The van der Waals surface area contributed by atoms with Crippen LogP contribution < -0.4 is 5.73 Å². The summed E-state index contributed by atoms with van der Waals surface area (Å²) in [6, 6.07) is 3.88. The van der Waals surface area contributed by atoms with Crippen molar-refractivity contribution in [3.05, 3.63) is 34.0 Å². The molecule has 14 heavy (non-hydrogen) atoms. The first-order chi connectivity index (χ1) is 6.81. The zero-order chi connectivity index (χ0) is 9.97. The van der Waals surface area contributed by atoms with Crippen LogP contribution in [0.1, 0.15) is 5.69 Å². The minimum Gasteiger partial charge on any atom is -0.325 e. The van der Waals surface area contributed by atoms with Gasteiger partial charge in [-0.15, -0.1) is 11.3 Å². The number of halogens is 1. The third kappa shape index (κ3) is 1.84. The van der Waals surface area contributed by atoms with Crippen LogP contribution in [0.5, 0.6) is 0 Å². The summed E-state index contributed by atoms with van der Waals surface area (Å²) >= 11 is 5.01. The Morgan fingerprint density at radius 2 is 2.36 bits per heavy atom. The minimum atomic E-state index is 0.456. The van der Waals surface area contributed by atoms with Crippen LogP contribution in [0.25, 0.3) is 10.6 Å². The highest BCUT2D eigenvalue weighted by Gasteiger charge is 2.08. The summed E-state index contributed by atoms with van der Waals surface area (Å²) in [6.45, 7) is 0.456. The van der Waals surface area contributed by atoms with Crippen molar-refractivity contribution >= 4 is 27.3 Å². The van der Waals surface area contributed by atoms with E-state index in [1.807, 2.05) is 12.1 Å². The largest absolute Gasteiger partial charge is 0.325 e. The number of hydrogen-bond donors (Lipinski definition) is 1. The Kier molecular flexibility index (Phi) is 2.90. The van der Waals surface area contributed by atoms with E-state index in [-0.39, 0.29) is 0 Å². The third-order valence-electron chi connectivity index (χ3n) is 1.75. The monoisotopic (exact) mass is 269 g/mol. The smallest absolute Gasteiger partial charge is 0.126 e. The Balaban J connectivity index is 2.43. The van der Waals surface area contributed by atoms with Gasteiger partial charge >= 0.3 is 0 Å². The zero-order valence-electron chi connectivity index (χ0n) is 7.27. The zero-order valence-corrected chi connectivity index (χ0v) is 9.68. The Labute approximate surface area is 94.1 Å². The summed E-state index contributed by atoms with van der Waals surface area (Å²) < 4.78 is 0.999. The molecule has 0 spiro atoms. The van der Waals surface area contributed by atoms with Gasteiger partial charge in [0.1, 0.15) is 5.01 Å². The van der Waals surface area contributed by atoms with E-state index in [1.165, 1.54) is 0 Å². The van der Waals surface area contributed by atoms with Crippen molar-refractivity contribution < 1.29 is 0 Å². The number of nitrogens with two attached hydrogens (primary N) is 1. The van der Waals surface area contributed by atoms with Crippen molar-refractivity contribution in [3.63, 3.8) is 0 Å². The molecule has 72 valence electrons. The van der Waals surface area contributed by atoms with E-state index in [4.69, 9.17) is 5.73 Å². The molecular formula is C9H8BrN3S. The first-order valence-corrected chi connectivity index (χ1v) is 5.68. The van der Waals surface area contributed by atoms with Crippen LogP contribution in [0, 0.1) is 0 Å². The molecule has 2 aromatic heterocycles. The molecule has 2 heterocycles. The van der Waals surface area contributed by atoms with E-state index in [0.717, 1.165) is 20.1 Å². The summed E-state index contributed by atoms with van der Waals surface area (Å²) in [5, 5.41) is 0.949. The average molecular weight is 270 g/mol. The first kappa shape index (κ1) is 9.76. The number of pyridine rings is 1. The molecule has 0 saturated heterocycles. The number of rotatable bonds is 2. The predicted molar refractivity (Wildman–Crippen MR) is 60.9 cm³/mol. The van der Waals surface area contributed by atoms with Crippen molar-refractivity contribution in [1.82, 2.24) is 9.97 Å². The highest BCUT2D eigenvalue weighted by atomic mass is 79.9. The van der Waals surface area contributed by atoms with Crippen molar-refractivity contribution in [2.75, 3.05) is 0 Å². The molecule has 0 amide bonds. The SMILES string of the molecule is NCc1nc(-c2cccnc2)sc1Br. The van der Waals surface area contributed by atoms with Crippen molar-refractivity contribution in [2.45, 2.75) is 6.54 Å². The lowest BCUT2D eigenvalue weighted by Crippen LogP contribution is -1.96. The fourth-order valence-electron chi connectivity index (χ4n) is 1.07. The summed E-state index contributed by atoms with van der Waals surface area (Å²) in [5.74, 6) is 0. The Morgan fingerprint density at radius 1 is 1.50 bits per heavy atom. The van der Waals surface area contributed by atoms with Gasteiger partial charge in [-0.1, -0.05) is 0 Å².